The second-order valence-electron chi connectivity index (χ2n) is 6.92. The summed E-state index contributed by atoms with van der Waals surface area (Å²) in [5.41, 5.74) is 2.33. The number of thiazole rings is 1. The highest BCUT2D eigenvalue weighted by atomic mass is 32.2. The van der Waals surface area contributed by atoms with Gasteiger partial charge in [0.25, 0.3) is 5.56 Å². The largest absolute Gasteiger partial charge is 0.494 e. The van der Waals surface area contributed by atoms with Gasteiger partial charge in [0.2, 0.25) is 5.91 Å². The van der Waals surface area contributed by atoms with Crippen LogP contribution in [-0.2, 0) is 11.8 Å². The molecule has 0 spiro atoms. The van der Waals surface area contributed by atoms with Crippen molar-refractivity contribution in [3.05, 3.63) is 64.3 Å². The number of benzene rings is 2. The van der Waals surface area contributed by atoms with E-state index < -0.39 is 0 Å². The number of carbonyl (C=O) groups excluding carboxylic acids is 1. The third-order valence-corrected chi connectivity index (χ3v) is 6.50. The van der Waals surface area contributed by atoms with Crippen LogP contribution in [0.25, 0.3) is 22.2 Å². The molecule has 4 aromatic rings. The number of carbonyl (C=O) groups is 1. The average Bonchev–Trinajstić information content (AvgIpc) is 3.26. The minimum atomic E-state index is -0.129. The van der Waals surface area contributed by atoms with Crippen molar-refractivity contribution in [2.45, 2.75) is 18.5 Å². The van der Waals surface area contributed by atoms with Crippen molar-refractivity contribution >= 4 is 45.0 Å². The molecule has 9 heteroatoms. The van der Waals surface area contributed by atoms with Crippen LogP contribution in [0.1, 0.15) is 13.3 Å². The minimum Gasteiger partial charge on any atom is -0.494 e. The van der Waals surface area contributed by atoms with E-state index in [1.807, 2.05) is 54.8 Å². The first-order valence-electron chi connectivity index (χ1n) is 10.1. The fraction of sp³-hybridized carbons (Fsp3) is 0.217. The lowest BCUT2D eigenvalue weighted by Crippen LogP contribution is -2.20. The van der Waals surface area contributed by atoms with Crippen molar-refractivity contribution in [3.8, 4) is 17.0 Å². The van der Waals surface area contributed by atoms with Crippen molar-refractivity contribution in [2.24, 2.45) is 7.05 Å². The Morgan fingerprint density at radius 1 is 1.16 bits per heavy atom. The van der Waals surface area contributed by atoms with Crippen LogP contribution in [-0.4, -0.2) is 32.8 Å². The van der Waals surface area contributed by atoms with Crippen molar-refractivity contribution in [3.63, 3.8) is 0 Å². The molecule has 0 atom stereocenters. The molecule has 0 aliphatic rings. The van der Waals surface area contributed by atoms with Gasteiger partial charge in [0.1, 0.15) is 5.75 Å². The maximum Gasteiger partial charge on any atom is 0.261 e. The Labute approximate surface area is 193 Å². The van der Waals surface area contributed by atoms with Crippen LogP contribution >= 0.6 is 23.1 Å². The van der Waals surface area contributed by atoms with Crippen molar-refractivity contribution in [1.82, 2.24) is 14.5 Å². The van der Waals surface area contributed by atoms with Crippen molar-refractivity contribution < 1.29 is 9.53 Å². The number of amides is 1. The Hall–Kier alpha value is -3.17. The zero-order chi connectivity index (χ0) is 22.5. The normalized spacial score (nSPS) is 10.9. The second-order valence-corrected chi connectivity index (χ2v) is 8.84. The Bertz CT molecular complexity index is 1300. The highest BCUT2D eigenvalue weighted by Crippen LogP contribution is 2.27. The Morgan fingerprint density at radius 3 is 2.72 bits per heavy atom. The second kappa shape index (κ2) is 9.97. The minimum absolute atomic E-state index is 0.0906. The van der Waals surface area contributed by atoms with E-state index in [1.165, 1.54) is 27.7 Å². The van der Waals surface area contributed by atoms with Crippen LogP contribution < -0.4 is 15.6 Å². The number of anilines is 1. The summed E-state index contributed by atoms with van der Waals surface area (Å²) >= 11 is 2.77. The van der Waals surface area contributed by atoms with Gasteiger partial charge in [-0.1, -0.05) is 23.9 Å². The monoisotopic (exact) mass is 466 g/mol. The van der Waals surface area contributed by atoms with E-state index in [0.717, 1.165) is 17.0 Å². The lowest BCUT2D eigenvalue weighted by atomic mass is 10.2. The fourth-order valence-electron chi connectivity index (χ4n) is 3.10. The van der Waals surface area contributed by atoms with Crippen LogP contribution in [0.15, 0.2) is 63.9 Å². The number of aromatic nitrogens is 3. The third kappa shape index (κ3) is 5.00. The zero-order valence-corrected chi connectivity index (χ0v) is 19.3. The first kappa shape index (κ1) is 22.0. The molecule has 0 radical (unpaired) electrons. The first-order valence-corrected chi connectivity index (χ1v) is 12.0. The summed E-state index contributed by atoms with van der Waals surface area (Å²) in [6, 6.07) is 15.0. The number of hydrogen-bond donors (Lipinski definition) is 1. The molecule has 2 aromatic carbocycles. The summed E-state index contributed by atoms with van der Waals surface area (Å²) in [6.45, 7) is 2.57. The molecular formula is C23H22N4O3S2. The lowest BCUT2D eigenvalue weighted by molar-refractivity contribution is -0.115. The molecule has 164 valence electrons. The molecule has 0 saturated heterocycles. The first-order chi connectivity index (χ1) is 15.5. The molecule has 0 aliphatic heterocycles. The molecule has 7 nitrogen and oxygen atoms in total. The molecule has 0 saturated carbocycles. The summed E-state index contributed by atoms with van der Waals surface area (Å²) in [5.74, 6) is 1.19. The van der Waals surface area contributed by atoms with E-state index in [9.17, 15) is 9.59 Å². The Morgan fingerprint density at radius 2 is 1.94 bits per heavy atom. The van der Waals surface area contributed by atoms with Gasteiger partial charge in [-0.25, -0.2) is 9.97 Å². The summed E-state index contributed by atoms with van der Waals surface area (Å²) in [5, 5.41) is 6.49. The van der Waals surface area contributed by atoms with Gasteiger partial charge >= 0.3 is 0 Å². The quantitative estimate of drug-likeness (QED) is 0.302. The van der Waals surface area contributed by atoms with Crippen molar-refractivity contribution in [2.75, 3.05) is 17.7 Å². The van der Waals surface area contributed by atoms with Crippen LogP contribution in [0.4, 0.5) is 5.13 Å². The summed E-state index contributed by atoms with van der Waals surface area (Å²) in [4.78, 5) is 33.9. The molecule has 1 amide bonds. The van der Waals surface area contributed by atoms with Gasteiger partial charge in [-0.15, -0.1) is 11.3 Å². The highest BCUT2D eigenvalue weighted by Gasteiger charge is 2.11. The molecule has 0 unspecified atom stereocenters. The molecule has 4 rings (SSSR count). The van der Waals surface area contributed by atoms with Gasteiger partial charge in [0.05, 0.1) is 23.2 Å². The number of fused-ring (bicyclic) bond motifs is 1. The lowest BCUT2D eigenvalue weighted by Gasteiger charge is -2.08. The molecule has 1 N–H and O–H groups in total. The SMILES string of the molecule is CCOc1ccc(-c2csc(NC(=O)CCSc3nc4ccccc4c(=O)n3C)n2)cc1. The Kier molecular flexibility index (Phi) is 6.87. The molecule has 0 fully saturated rings. The molecule has 0 aliphatic carbocycles. The van der Waals surface area contributed by atoms with E-state index >= 15 is 0 Å². The number of nitrogens with one attached hydrogen (secondary N) is 1. The van der Waals surface area contributed by atoms with Crippen LogP contribution in [0, 0.1) is 0 Å². The average molecular weight is 467 g/mol. The maximum absolute atomic E-state index is 12.5. The smallest absolute Gasteiger partial charge is 0.261 e. The van der Waals surface area contributed by atoms with Gasteiger partial charge in [0.15, 0.2) is 10.3 Å². The molecule has 2 aromatic heterocycles. The molecule has 32 heavy (non-hydrogen) atoms. The van der Waals surface area contributed by atoms with E-state index in [4.69, 9.17) is 4.74 Å². The summed E-state index contributed by atoms with van der Waals surface area (Å²) in [7, 11) is 1.70. The van der Waals surface area contributed by atoms with Gasteiger partial charge in [0, 0.05) is 30.2 Å². The van der Waals surface area contributed by atoms with E-state index in [2.05, 4.69) is 15.3 Å². The maximum atomic E-state index is 12.5. The van der Waals surface area contributed by atoms with E-state index in [1.54, 1.807) is 13.1 Å². The highest BCUT2D eigenvalue weighted by molar-refractivity contribution is 7.99. The topological polar surface area (TPSA) is 86.1 Å². The van der Waals surface area contributed by atoms with Gasteiger partial charge in [-0.05, 0) is 43.3 Å². The predicted octanol–water partition coefficient (Wildman–Crippen LogP) is 4.58. The standard InChI is InChI=1S/C23H22N4O3S2/c1-3-30-16-10-8-15(9-11-16)19-14-32-22(24-19)26-20(28)12-13-31-23-25-18-7-5-4-6-17(18)21(29)27(23)2/h4-11,14H,3,12-13H2,1-2H3,(H,24,26,28). The molecular weight excluding hydrogens is 444 g/mol. The summed E-state index contributed by atoms with van der Waals surface area (Å²) < 4.78 is 6.98. The predicted molar refractivity (Wildman–Crippen MR) is 130 cm³/mol. The van der Waals surface area contributed by atoms with E-state index in [0.29, 0.717) is 33.6 Å². The van der Waals surface area contributed by atoms with Gasteiger partial charge < -0.3 is 10.1 Å². The third-order valence-electron chi connectivity index (χ3n) is 4.71. The number of hydrogen-bond acceptors (Lipinski definition) is 7. The molecule has 0 bridgehead atoms. The number of para-hydroxylation sites is 1. The van der Waals surface area contributed by atoms with Gasteiger partial charge in [-0.3, -0.25) is 14.2 Å². The number of ether oxygens (including phenoxy) is 1. The van der Waals surface area contributed by atoms with Gasteiger partial charge in [-0.2, -0.15) is 0 Å². The van der Waals surface area contributed by atoms with Crippen LogP contribution in [0.2, 0.25) is 0 Å². The van der Waals surface area contributed by atoms with Crippen LogP contribution in [0.3, 0.4) is 0 Å². The van der Waals surface area contributed by atoms with Crippen LogP contribution in [0.5, 0.6) is 5.75 Å². The number of nitrogens with zero attached hydrogens (tertiary/aromatic N) is 3. The molecule has 2 heterocycles. The number of rotatable bonds is 8. The number of thioether (sulfide) groups is 1. The summed E-state index contributed by atoms with van der Waals surface area (Å²) in [6.07, 6.45) is 0.283. The fourth-order valence-corrected chi connectivity index (χ4v) is 4.74. The Balaban J connectivity index is 1.34. The van der Waals surface area contributed by atoms with E-state index in [-0.39, 0.29) is 17.9 Å². The zero-order valence-electron chi connectivity index (χ0n) is 17.7. The van der Waals surface area contributed by atoms with Crippen molar-refractivity contribution in [1.29, 1.82) is 0 Å².